The number of phenolic OH excluding ortho intramolecular Hbond substituents is 1. The molecule has 5 aliphatic rings. The van der Waals surface area contributed by atoms with Gasteiger partial charge >= 0.3 is 12.4 Å². The van der Waals surface area contributed by atoms with Crippen LogP contribution in [0.3, 0.4) is 0 Å². The molecule has 6 unspecified atom stereocenters. The number of imide groups is 2. The van der Waals surface area contributed by atoms with Crippen molar-refractivity contribution in [1.29, 1.82) is 0 Å². The normalized spacial score (nSPS) is 26.2. The van der Waals surface area contributed by atoms with Crippen molar-refractivity contribution < 1.29 is 59.8 Å². The maximum Gasteiger partial charge on any atom is 0.416 e. The summed E-state index contributed by atoms with van der Waals surface area (Å²) >= 11 is 6.33. The van der Waals surface area contributed by atoms with Crippen LogP contribution in [0.1, 0.15) is 35.1 Å². The first kappa shape index (κ1) is 39.3. The van der Waals surface area contributed by atoms with Gasteiger partial charge in [0.05, 0.1) is 51.9 Å². The predicted octanol–water partition coefficient (Wildman–Crippen LogP) is 8.76. The van der Waals surface area contributed by atoms with Gasteiger partial charge in [-0.2, -0.15) is 31.4 Å². The smallest absolute Gasteiger partial charge is 0.416 e. The number of hydrogen-bond donors (Lipinski definition) is 2. The number of anilines is 2. The number of carbonyl (C=O) groups excluding carboxylic acids is 4. The van der Waals surface area contributed by atoms with E-state index in [1.165, 1.54) is 48.7 Å². The topological polar surface area (TPSA) is 116 Å². The first-order valence-electron chi connectivity index (χ1n) is 18.6. The third-order valence-electron chi connectivity index (χ3n) is 12.2. The van der Waals surface area contributed by atoms with Crippen LogP contribution in [0, 0.1) is 35.4 Å². The van der Waals surface area contributed by atoms with Gasteiger partial charge in [0.25, 0.3) is 11.8 Å². The minimum absolute atomic E-state index is 0.0604. The van der Waals surface area contributed by atoms with Gasteiger partial charge in [0.2, 0.25) is 11.8 Å². The van der Waals surface area contributed by atoms with Gasteiger partial charge in [0, 0.05) is 22.9 Å². The highest BCUT2D eigenvalue weighted by Gasteiger charge is 2.71. The van der Waals surface area contributed by atoms with Gasteiger partial charge in [-0.3, -0.25) is 24.6 Å². The number of phenols is 1. The fourth-order valence-corrected chi connectivity index (χ4v) is 9.92. The fraction of sp³-hybridized carbons (Fsp3) is 0.256. The molecule has 0 spiro atoms. The Kier molecular flexibility index (Phi) is 8.97. The Balaban J connectivity index is 1.21. The first-order chi connectivity index (χ1) is 28.4. The molecule has 2 N–H and O–H groups in total. The molecule has 6 atom stereocenters. The number of nitrogens with one attached hydrogen (secondary N) is 1. The second-order valence-electron chi connectivity index (χ2n) is 15.4. The van der Waals surface area contributed by atoms with Crippen LogP contribution in [0.4, 0.5) is 42.1 Å². The van der Waals surface area contributed by atoms with Gasteiger partial charge in [-0.1, -0.05) is 35.4 Å². The lowest BCUT2D eigenvalue weighted by Crippen LogP contribution is -2.55. The van der Waals surface area contributed by atoms with E-state index < -0.39 is 93.6 Å². The Bertz CT molecular complexity index is 2540. The van der Waals surface area contributed by atoms with Crippen molar-refractivity contribution in [3.63, 3.8) is 0 Å². The predicted molar refractivity (Wildman–Crippen MR) is 199 cm³/mol. The number of halogens is 8. The van der Waals surface area contributed by atoms with Crippen molar-refractivity contribution in [2.75, 3.05) is 10.3 Å². The van der Waals surface area contributed by atoms with Gasteiger partial charge < -0.3 is 9.84 Å². The van der Waals surface area contributed by atoms with E-state index in [1.807, 2.05) is 0 Å². The zero-order valence-corrected chi connectivity index (χ0v) is 31.4. The summed E-state index contributed by atoms with van der Waals surface area (Å²) < 4.78 is 104. The number of nitrogens with zero attached hydrogens (tertiary/aromatic N) is 2. The molecule has 1 saturated carbocycles. The van der Waals surface area contributed by atoms with Crippen LogP contribution in [-0.2, 0) is 43.4 Å². The van der Waals surface area contributed by atoms with Crippen molar-refractivity contribution in [2.45, 2.75) is 37.0 Å². The van der Waals surface area contributed by atoms with Crippen LogP contribution < -0.4 is 15.1 Å². The Morgan fingerprint density at radius 1 is 0.800 bits per heavy atom. The average molecular weight is 852 g/mol. The summed E-state index contributed by atoms with van der Waals surface area (Å²) in [5.41, 5.74) is -1.47. The molecular formula is C43H29ClF7N3O6. The molecule has 2 aliphatic carbocycles. The van der Waals surface area contributed by atoms with Crippen molar-refractivity contribution in [3.05, 3.63) is 142 Å². The molecular weight excluding hydrogens is 823 g/mol. The van der Waals surface area contributed by atoms with E-state index in [0.29, 0.717) is 50.1 Å². The third-order valence-corrected chi connectivity index (χ3v) is 12.5. The number of hydrazine groups is 1. The van der Waals surface area contributed by atoms with E-state index in [4.69, 9.17) is 16.3 Å². The molecule has 3 heterocycles. The van der Waals surface area contributed by atoms with Gasteiger partial charge in [-0.05, 0) is 103 Å². The summed E-state index contributed by atoms with van der Waals surface area (Å²) in [6.45, 7) is 0. The lowest BCUT2D eigenvalue weighted by molar-refractivity contribution is -0.143. The van der Waals surface area contributed by atoms with Crippen LogP contribution in [0.2, 0.25) is 5.02 Å². The summed E-state index contributed by atoms with van der Waals surface area (Å²) in [7, 11) is 0. The SMILES string of the molecule is O=C1C2CC3C(=CCC4C(=O)N(c5cc(C(F)(F)F)cc(C(F)(F)F)c5)C(=O)C43)C(C3=COc4ccc(O)cc4C3)C2(c2ccc(Cl)cc2)C(=O)N1Nc1ccc(F)cc1. The van der Waals surface area contributed by atoms with E-state index >= 15 is 4.79 Å². The molecule has 60 heavy (non-hydrogen) atoms. The summed E-state index contributed by atoms with van der Waals surface area (Å²) in [4.78, 5) is 59.3. The second kappa shape index (κ2) is 13.7. The van der Waals surface area contributed by atoms with E-state index in [-0.39, 0.29) is 36.8 Å². The van der Waals surface area contributed by atoms with E-state index in [2.05, 4.69) is 5.43 Å². The van der Waals surface area contributed by atoms with Gasteiger partial charge in [-0.15, -0.1) is 0 Å². The zero-order chi connectivity index (χ0) is 42.6. The summed E-state index contributed by atoms with van der Waals surface area (Å²) in [6.07, 6.45) is -7.85. The highest BCUT2D eigenvalue weighted by atomic mass is 35.5. The van der Waals surface area contributed by atoms with E-state index in [1.54, 1.807) is 18.2 Å². The number of rotatable bonds is 5. The minimum atomic E-state index is -5.26. The first-order valence-corrected chi connectivity index (χ1v) is 19.0. The Morgan fingerprint density at radius 3 is 2.12 bits per heavy atom. The molecule has 9 nitrogen and oxygen atoms in total. The second-order valence-corrected chi connectivity index (χ2v) is 15.9. The maximum atomic E-state index is 15.4. The molecule has 0 bridgehead atoms. The van der Waals surface area contributed by atoms with Crippen LogP contribution in [0.25, 0.3) is 0 Å². The molecule has 4 amide bonds. The molecule has 3 fully saturated rings. The maximum absolute atomic E-state index is 15.4. The molecule has 4 aromatic rings. The number of aromatic hydroxyl groups is 1. The number of fused-ring (bicyclic) bond motifs is 5. The van der Waals surface area contributed by atoms with Gasteiger partial charge in [-0.25, -0.2) is 9.29 Å². The summed E-state index contributed by atoms with van der Waals surface area (Å²) in [5.74, 6) is -9.94. The minimum Gasteiger partial charge on any atom is -0.508 e. The Labute approximate surface area is 340 Å². The average Bonchev–Trinajstić information content (AvgIpc) is 3.58. The molecule has 308 valence electrons. The number of ether oxygens (including phenoxy) is 1. The van der Waals surface area contributed by atoms with Crippen LogP contribution in [0.15, 0.2) is 108 Å². The summed E-state index contributed by atoms with van der Waals surface area (Å²) in [6, 6.07) is 16.1. The zero-order valence-electron chi connectivity index (χ0n) is 30.7. The van der Waals surface area contributed by atoms with Crippen LogP contribution in [-0.4, -0.2) is 33.7 Å². The third kappa shape index (κ3) is 6.05. The molecule has 17 heteroatoms. The van der Waals surface area contributed by atoms with E-state index in [0.717, 1.165) is 17.1 Å². The highest BCUT2D eigenvalue weighted by Crippen LogP contribution is 2.63. The Hall–Kier alpha value is -6.16. The Morgan fingerprint density at radius 2 is 1.47 bits per heavy atom. The number of benzene rings is 4. The number of hydrogen-bond acceptors (Lipinski definition) is 7. The number of alkyl halides is 6. The van der Waals surface area contributed by atoms with Crippen LogP contribution >= 0.6 is 11.6 Å². The van der Waals surface area contributed by atoms with Crippen molar-refractivity contribution in [1.82, 2.24) is 5.01 Å². The monoisotopic (exact) mass is 851 g/mol. The quantitative estimate of drug-likeness (QED) is 0.117. The number of carbonyl (C=O) groups is 4. The number of allylic oxidation sites excluding steroid dienone is 3. The van der Waals surface area contributed by atoms with Crippen molar-refractivity contribution in [2.24, 2.45) is 29.6 Å². The molecule has 0 aromatic heterocycles. The standard InChI is InChI=1S/C43H29ClF7N3O6/c44-25-3-1-22(2-4-25)41-33(38(57)54(40(41)59)52-27-7-5-26(45)6-8-27)18-32-30(36(41)21-13-20-14-29(55)9-12-34(20)60-19-21)10-11-31-35(32)39(58)53(37(31)56)28-16-23(42(46,47)48)15-24(17-28)43(49,50)51/h1-10,12,14-17,19,31-33,35-36,52,55H,11,13,18H2. The number of amides is 4. The van der Waals surface area contributed by atoms with Gasteiger partial charge in [0.1, 0.15) is 17.3 Å². The largest absolute Gasteiger partial charge is 0.508 e. The molecule has 3 aliphatic heterocycles. The fourth-order valence-electron chi connectivity index (χ4n) is 9.79. The molecule has 9 rings (SSSR count). The van der Waals surface area contributed by atoms with Gasteiger partial charge in [0.15, 0.2) is 0 Å². The molecule has 0 radical (unpaired) electrons. The van der Waals surface area contributed by atoms with Crippen molar-refractivity contribution >= 4 is 46.6 Å². The van der Waals surface area contributed by atoms with Crippen LogP contribution in [0.5, 0.6) is 11.5 Å². The molecule has 4 aromatic carbocycles. The van der Waals surface area contributed by atoms with Crippen molar-refractivity contribution in [3.8, 4) is 11.5 Å². The van der Waals surface area contributed by atoms with E-state index in [9.17, 15) is 50.2 Å². The lowest BCUT2D eigenvalue weighted by Gasteiger charge is -2.51. The lowest BCUT2D eigenvalue weighted by atomic mass is 9.48. The molecule has 2 saturated heterocycles. The summed E-state index contributed by atoms with van der Waals surface area (Å²) in [5, 5.41) is 11.5. The highest BCUT2D eigenvalue weighted by molar-refractivity contribution is 6.30.